The van der Waals surface area contributed by atoms with Gasteiger partial charge in [0.1, 0.15) is 0 Å². The number of hydrogen-bond donors (Lipinski definition) is 1. The van der Waals surface area contributed by atoms with Crippen LogP contribution in [0.3, 0.4) is 0 Å². The molecule has 1 atom stereocenters. The van der Waals surface area contributed by atoms with Crippen LogP contribution in [-0.2, 0) is 0 Å². The summed E-state index contributed by atoms with van der Waals surface area (Å²) < 4.78 is 0. The van der Waals surface area contributed by atoms with E-state index in [1.54, 1.807) is 0 Å². The molecular formula is C11H14Cl3N. The molecule has 1 aromatic rings. The summed E-state index contributed by atoms with van der Waals surface area (Å²) in [6, 6.07) is 6.05. The molecule has 1 saturated heterocycles. The van der Waals surface area contributed by atoms with Gasteiger partial charge < -0.3 is 5.32 Å². The first kappa shape index (κ1) is 13.1. The fourth-order valence-corrected chi connectivity index (χ4v) is 2.33. The molecule has 0 radical (unpaired) electrons. The van der Waals surface area contributed by atoms with Crippen LogP contribution in [0.5, 0.6) is 0 Å². The Kier molecular flexibility index (Phi) is 5.20. The first-order valence-corrected chi connectivity index (χ1v) is 5.71. The van der Waals surface area contributed by atoms with Gasteiger partial charge in [-0.1, -0.05) is 29.6 Å². The van der Waals surface area contributed by atoms with Gasteiger partial charge in [0.25, 0.3) is 0 Å². The first-order valence-electron chi connectivity index (χ1n) is 4.96. The molecule has 0 unspecified atom stereocenters. The van der Waals surface area contributed by atoms with Crippen molar-refractivity contribution >= 4 is 35.6 Å². The summed E-state index contributed by atoms with van der Waals surface area (Å²) >= 11 is 12.1. The van der Waals surface area contributed by atoms with Crippen LogP contribution in [0.4, 0.5) is 0 Å². The largest absolute Gasteiger partial charge is 0.310 e. The molecule has 0 spiro atoms. The Bertz CT molecular complexity index is 322. The van der Waals surface area contributed by atoms with Gasteiger partial charge in [0.05, 0.1) is 0 Å². The molecular weight excluding hydrogens is 252 g/mol. The Labute approximate surface area is 107 Å². The van der Waals surface area contributed by atoms with Crippen LogP contribution in [0.2, 0.25) is 10.0 Å². The maximum absolute atomic E-state index is 6.13. The molecule has 1 aromatic carbocycles. The lowest BCUT2D eigenvalue weighted by Crippen LogP contribution is -2.26. The zero-order valence-electron chi connectivity index (χ0n) is 8.30. The van der Waals surface area contributed by atoms with Gasteiger partial charge in [0.2, 0.25) is 0 Å². The summed E-state index contributed by atoms with van der Waals surface area (Å²) in [5.41, 5.74) is 1.14. The summed E-state index contributed by atoms with van der Waals surface area (Å²) in [6.45, 7) is 1.08. The van der Waals surface area contributed by atoms with Crippen molar-refractivity contribution in [1.29, 1.82) is 0 Å². The number of hydrogen-bond acceptors (Lipinski definition) is 1. The van der Waals surface area contributed by atoms with E-state index >= 15 is 0 Å². The lowest BCUT2D eigenvalue weighted by Gasteiger charge is -2.24. The molecule has 0 aliphatic carbocycles. The summed E-state index contributed by atoms with van der Waals surface area (Å²) in [5.74, 6) is 0. The molecule has 0 amide bonds. The zero-order chi connectivity index (χ0) is 9.97. The van der Waals surface area contributed by atoms with Gasteiger partial charge in [-0.05, 0) is 43.1 Å². The van der Waals surface area contributed by atoms with Crippen LogP contribution >= 0.6 is 35.6 Å². The highest BCUT2D eigenvalue weighted by atomic mass is 35.5. The summed E-state index contributed by atoms with van der Waals surface area (Å²) in [5, 5.41) is 5.03. The minimum absolute atomic E-state index is 0. The Balaban J connectivity index is 0.00000112. The molecule has 0 aromatic heterocycles. The van der Waals surface area contributed by atoms with E-state index in [4.69, 9.17) is 23.2 Å². The third-order valence-electron chi connectivity index (χ3n) is 2.64. The van der Waals surface area contributed by atoms with Crippen molar-refractivity contribution in [3.63, 3.8) is 0 Å². The van der Waals surface area contributed by atoms with Crippen LogP contribution in [0, 0.1) is 0 Å². The number of halogens is 3. The van der Waals surface area contributed by atoms with Crippen LogP contribution < -0.4 is 5.32 Å². The smallest absolute Gasteiger partial charge is 0.0454 e. The second kappa shape index (κ2) is 5.95. The van der Waals surface area contributed by atoms with E-state index < -0.39 is 0 Å². The minimum atomic E-state index is 0. The highest BCUT2D eigenvalue weighted by Gasteiger charge is 2.17. The normalized spacial score (nSPS) is 20.8. The Morgan fingerprint density at radius 3 is 2.67 bits per heavy atom. The molecule has 1 aliphatic rings. The number of benzene rings is 1. The minimum Gasteiger partial charge on any atom is -0.310 e. The lowest BCUT2D eigenvalue weighted by molar-refractivity contribution is 0.412. The van der Waals surface area contributed by atoms with Crippen molar-refractivity contribution in [2.24, 2.45) is 0 Å². The van der Waals surface area contributed by atoms with E-state index in [2.05, 4.69) is 5.32 Å². The summed E-state index contributed by atoms with van der Waals surface area (Å²) in [6.07, 6.45) is 3.68. The van der Waals surface area contributed by atoms with Crippen molar-refractivity contribution < 1.29 is 0 Å². The third kappa shape index (κ3) is 3.25. The number of rotatable bonds is 1. The topological polar surface area (TPSA) is 12.0 Å². The molecule has 1 nitrogen and oxygen atoms in total. The molecule has 2 rings (SSSR count). The second-order valence-electron chi connectivity index (χ2n) is 3.67. The van der Waals surface area contributed by atoms with E-state index in [9.17, 15) is 0 Å². The van der Waals surface area contributed by atoms with Gasteiger partial charge in [-0.2, -0.15) is 0 Å². The van der Waals surface area contributed by atoms with E-state index in [-0.39, 0.29) is 12.4 Å². The average molecular weight is 267 g/mol. The summed E-state index contributed by atoms with van der Waals surface area (Å²) in [4.78, 5) is 0. The predicted octanol–water partition coefficient (Wildman–Crippen LogP) is 4.23. The molecule has 1 heterocycles. The van der Waals surface area contributed by atoms with Crippen molar-refractivity contribution in [3.8, 4) is 0 Å². The number of nitrogens with one attached hydrogen (secondary N) is 1. The predicted molar refractivity (Wildman–Crippen MR) is 68.3 cm³/mol. The Hall–Kier alpha value is 0.0500. The third-order valence-corrected chi connectivity index (χ3v) is 3.22. The number of piperidine rings is 1. The van der Waals surface area contributed by atoms with Gasteiger partial charge >= 0.3 is 0 Å². The van der Waals surface area contributed by atoms with Gasteiger partial charge in [0, 0.05) is 16.1 Å². The molecule has 1 aliphatic heterocycles. The lowest BCUT2D eigenvalue weighted by atomic mass is 9.97. The maximum Gasteiger partial charge on any atom is 0.0454 e. The Morgan fingerprint density at radius 1 is 1.20 bits per heavy atom. The highest BCUT2D eigenvalue weighted by molar-refractivity contribution is 6.33. The molecule has 15 heavy (non-hydrogen) atoms. The molecule has 1 fully saturated rings. The van der Waals surface area contributed by atoms with Crippen molar-refractivity contribution in [2.45, 2.75) is 25.3 Å². The first-order chi connectivity index (χ1) is 6.77. The average Bonchev–Trinajstić information content (AvgIpc) is 2.23. The quantitative estimate of drug-likeness (QED) is 0.802. The van der Waals surface area contributed by atoms with E-state index in [0.29, 0.717) is 6.04 Å². The van der Waals surface area contributed by atoms with Crippen LogP contribution in [-0.4, -0.2) is 6.54 Å². The monoisotopic (exact) mass is 265 g/mol. The molecule has 0 saturated carbocycles. The zero-order valence-corrected chi connectivity index (χ0v) is 10.6. The second-order valence-corrected chi connectivity index (χ2v) is 4.51. The summed E-state index contributed by atoms with van der Waals surface area (Å²) in [7, 11) is 0. The molecule has 84 valence electrons. The fraction of sp³-hybridized carbons (Fsp3) is 0.455. The van der Waals surface area contributed by atoms with E-state index in [1.165, 1.54) is 12.8 Å². The molecule has 0 bridgehead atoms. The molecule has 1 N–H and O–H groups in total. The van der Waals surface area contributed by atoms with Crippen molar-refractivity contribution in [2.75, 3.05) is 6.54 Å². The van der Waals surface area contributed by atoms with Gasteiger partial charge in [-0.15, -0.1) is 12.4 Å². The van der Waals surface area contributed by atoms with Crippen LogP contribution in [0.25, 0.3) is 0 Å². The van der Waals surface area contributed by atoms with E-state index in [1.807, 2.05) is 18.2 Å². The SMILES string of the molecule is Cl.Clc1ccc(Cl)c([C@H]2CCCCN2)c1. The molecule has 4 heteroatoms. The standard InChI is InChI=1S/C11H13Cl2N.ClH/c12-8-4-5-10(13)9(7-8)11-3-1-2-6-14-11;/h4-5,7,11,14H,1-3,6H2;1H/t11-;/m1./s1. The van der Waals surface area contributed by atoms with Gasteiger partial charge in [-0.25, -0.2) is 0 Å². The van der Waals surface area contributed by atoms with E-state index in [0.717, 1.165) is 28.6 Å². The maximum atomic E-state index is 6.13. The Morgan fingerprint density at radius 2 is 2.00 bits per heavy atom. The van der Waals surface area contributed by atoms with Crippen LogP contribution in [0.15, 0.2) is 18.2 Å². The van der Waals surface area contributed by atoms with Crippen molar-refractivity contribution in [3.05, 3.63) is 33.8 Å². The van der Waals surface area contributed by atoms with Crippen molar-refractivity contribution in [1.82, 2.24) is 5.32 Å². The fourth-order valence-electron chi connectivity index (χ4n) is 1.90. The highest BCUT2D eigenvalue weighted by Crippen LogP contribution is 2.30. The van der Waals surface area contributed by atoms with Gasteiger partial charge in [0.15, 0.2) is 0 Å². The van der Waals surface area contributed by atoms with Gasteiger partial charge in [-0.3, -0.25) is 0 Å². The van der Waals surface area contributed by atoms with Crippen LogP contribution in [0.1, 0.15) is 30.9 Å².